The zero-order valence-electron chi connectivity index (χ0n) is 12.7. The molecule has 2 heteroatoms. The molecule has 108 valence electrons. The van der Waals surface area contributed by atoms with Gasteiger partial charge in [0.05, 0.1) is 0 Å². The van der Waals surface area contributed by atoms with Gasteiger partial charge in [0, 0.05) is 12.1 Å². The van der Waals surface area contributed by atoms with Gasteiger partial charge < -0.3 is 10.4 Å². The first kappa shape index (κ1) is 16.0. The molecule has 0 fully saturated rings. The van der Waals surface area contributed by atoms with Gasteiger partial charge in [-0.2, -0.15) is 0 Å². The maximum absolute atomic E-state index is 9.88. The summed E-state index contributed by atoms with van der Waals surface area (Å²) in [5.74, 6) is 1.27. The number of para-hydroxylation sites is 1. The topological polar surface area (TPSA) is 32.3 Å². The Morgan fingerprint density at radius 2 is 1.84 bits per heavy atom. The van der Waals surface area contributed by atoms with Crippen molar-refractivity contribution in [1.82, 2.24) is 5.32 Å². The Bertz CT molecular complexity index is 360. The van der Waals surface area contributed by atoms with Crippen LogP contribution < -0.4 is 5.32 Å². The van der Waals surface area contributed by atoms with E-state index in [1.165, 1.54) is 32.1 Å². The minimum absolute atomic E-state index is 0.437. The summed E-state index contributed by atoms with van der Waals surface area (Å²) in [5.41, 5.74) is 1.95. The van der Waals surface area contributed by atoms with E-state index in [-0.39, 0.29) is 0 Å². The van der Waals surface area contributed by atoms with Crippen LogP contribution in [0.4, 0.5) is 0 Å². The molecule has 0 atom stereocenters. The van der Waals surface area contributed by atoms with Crippen molar-refractivity contribution in [1.29, 1.82) is 0 Å². The maximum Gasteiger partial charge on any atom is 0.122 e. The van der Waals surface area contributed by atoms with E-state index in [1.807, 2.05) is 25.1 Å². The molecular formula is C17H29NO. The molecule has 2 N–H and O–H groups in total. The van der Waals surface area contributed by atoms with E-state index >= 15 is 0 Å². The average molecular weight is 263 g/mol. The number of aromatic hydroxyl groups is 1. The molecule has 0 aliphatic heterocycles. The smallest absolute Gasteiger partial charge is 0.122 e. The van der Waals surface area contributed by atoms with Crippen molar-refractivity contribution in [3.8, 4) is 5.75 Å². The monoisotopic (exact) mass is 263 g/mol. The van der Waals surface area contributed by atoms with Crippen molar-refractivity contribution in [2.45, 2.75) is 59.4 Å². The van der Waals surface area contributed by atoms with Crippen LogP contribution in [0.1, 0.15) is 57.1 Å². The largest absolute Gasteiger partial charge is 0.507 e. The molecule has 1 rings (SSSR count). The van der Waals surface area contributed by atoms with Crippen LogP contribution in [0.25, 0.3) is 0 Å². The lowest BCUT2D eigenvalue weighted by molar-refractivity contribution is 0.459. The molecule has 0 radical (unpaired) electrons. The molecule has 0 saturated heterocycles. The Labute approximate surface area is 118 Å². The molecule has 0 aromatic heterocycles. The summed E-state index contributed by atoms with van der Waals surface area (Å²) in [6.07, 6.45) is 6.58. The first-order chi connectivity index (χ1) is 9.11. The standard InChI is InChI=1S/C17H29NO/c1-14(2)9-6-4-5-7-12-18-13-16-11-8-10-15(3)17(16)19/h8,10-11,14,18-19H,4-7,9,12-13H2,1-3H3. The summed E-state index contributed by atoms with van der Waals surface area (Å²) in [6.45, 7) is 8.31. The first-order valence-corrected chi connectivity index (χ1v) is 7.59. The molecule has 2 nitrogen and oxygen atoms in total. The van der Waals surface area contributed by atoms with Crippen molar-refractivity contribution in [3.05, 3.63) is 29.3 Å². The molecule has 19 heavy (non-hydrogen) atoms. The van der Waals surface area contributed by atoms with E-state index in [4.69, 9.17) is 0 Å². The molecule has 1 aromatic carbocycles. The summed E-state index contributed by atoms with van der Waals surface area (Å²) in [7, 11) is 0. The predicted molar refractivity (Wildman–Crippen MR) is 82.5 cm³/mol. The van der Waals surface area contributed by atoms with Gasteiger partial charge in [0.25, 0.3) is 0 Å². The molecule has 0 spiro atoms. The average Bonchev–Trinajstić information content (AvgIpc) is 2.37. The van der Waals surface area contributed by atoms with Gasteiger partial charge >= 0.3 is 0 Å². The highest BCUT2D eigenvalue weighted by atomic mass is 16.3. The van der Waals surface area contributed by atoms with E-state index < -0.39 is 0 Å². The fraction of sp³-hybridized carbons (Fsp3) is 0.647. The van der Waals surface area contributed by atoms with Gasteiger partial charge in [0.15, 0.2) is 0 Å². The van der Waals surface area contributed by atoms with Crippen molar-refractivity contribution < 1.29 is 5.11 Å². The van der Waals surface area contributed by atoms with Crippen LogP contribution in [0.2, 0.25) is 0 Å². The molecule has 0 amide bonds. The van der Waals surface area contributed by atoms with Gasteiger partial charge in [-0.25, -0.2) is 0 Å². The van der Waals surface area contributed by atoms with Gasteiger partial charge in [0.2, 0.25) is 0 Å². The number of phenolic OH excluding ortho intramolecular Hbond substituents is 1. The van der Waals surface area contributed by atoms with E-state index in [2.05, 4.69) is 19.2 Å². The third-order valence-corrected chi connectivity index (χ3v) is 3.52. The lowest BCUT2D eigenvalue weighted by atomic mass is 10.0. The summed E-state index contributed by atoms with van der Waals surface area (Å²) >= 11 is 0. The zero-order chi connectivity index (χ0) is 14.1. The van der Waals surface area contributed by atoms with Gasteiger partial charge in [-0.05, 0) is 31.4 Å². The summed E-state index contributed by atoms with van der Waals surface area (Å²) in [4.78, 5) is 0. The third kappa shape index (κ3) is 6.63. The zero-order valence-corrected chi connectivity index (χ0v) is 12.7. The quantitative estimate of drug-likeness (QED) is 0.647. The third-order valence-electron chi connectivity index (χ3n) is 3.52. The van der Waals surface area contributed by atoms with Crippen LogP contribution in [0.3, 0.4) is 0 Å². The number of aryl methyl sites for hydroxylation is 1. The molecule has 0 unspecified atom stereocenters. The molecule has 1 aromatic rings. The number of rotatable bonds is 9. The Hall–Kier alpha value is -1.02. The number of benzene rings is 1. The minimum Gasteiger partial charge on any atom is -0.507 e. The lowest BCUT2D eigenvalue weighted by Crippen LogP contribution is -2.14. The molecule has 0 aliphatic carbocycles. The second-order valence-electron chi connectivity index (χ2n) is 5.86. The number of phenols is 1. The van der Waals surface area contributed by atoms with E-state index in [0.717, 1.165) is 30.1 Å². The molecule has 0 heterocycles. The highest BCUT2D eigenvalue weighted by Crippen LogP contribution is 2.20. The number of hydrogen-bond donors (Lipinski definition) is 2. The lowest BCUT2D eigenvalue weighted by Gasteiger charge is -2.09. The minimum atomic E-state index is 0.437. The highest BCUT2D eigenvalue weighted by Gasteiger charge is 2.02. The Morgan fingerprint density at radius 1 is 1.11 bits per heavy atom. The molecule has 0 aliphatic rings. The van der Waals surface area contributed by atoms with E-state index in [9.17, 15) is 5.11 Å². The second kappa shape index (κ2) is 8.98. The predicted octanol–water partition coefficient (Wildman–Crippen LogP) is 4.40. The summed E-state index contributed by atoms with van der Waals surface area (Å²) in [5, 5.41) is 13.3. The van der Waals surface area contributed by atoms with E-state index in [1.54, 1.807) is 0 Å². The molecular weight excluding hydrogens is 234 g/mol. The summed E-state index contributed by atoms with van der Waals surface area (Å²) in [6, 6.07) is 5.92. The Kier molecular flexibility index (Phi) is 7.57. The number of unbranched alkanes of at least 4 members (excludes halogenated alkanes) is 3. The van der Waals surface area contributed by atoms with E-state index in [0.29, 0.717) is 5.75 Å². The highest BCUT2D eigenvalue weighted by molar-refractivity contribution is 5.39. The van der Waals surface area contributed by atoms with Crippen molar-refractivity contribution in [3.63, 3.8) is 0 Å². The van der Waals surface area contributed by atoms with Crippen LogP contribution in [0, 0.1) is 12.8 Å². The molecule has 0 bridgehead atoms. The normalized spacial score (nSPS) is 11.2. The fourth-order valence-electron chi connectivity index (χ4n) is 2.24. The number of hydrogen-bond acceptors (Lipinski definition) is 2. The SMILES string of the molecule is Cc1cccc(CNCCCCCCC(C)C)c1O. The van der Waals surface area contributed by atoms with Crippen LogP contribution >= 0.6 is 0 Å². The van der Waals surface area contributed by atoms with Crippen molar-refractivity contribution >= 4 is 0 Å². The van der Waals surface area contributed by atoms with Crippen LogP contribution in [0.5, 0.6) is 5.75 Å². The number of nitrogens with one attached hydrogen (secondary N) is 1. The van der Waals surface area contributed by atoms with Crippen molar-refractivity contribution in [2.75, 3.05) is 6.54 Å². The van der Waals surface area contributed by atoms with Crippen LogP contribution in [0.15, 0.2) is 18.2 Å². The molecule has 0 saturated carbocycles. The Balaban J connectivity index is 2.06. The van der Waals surface area contributed by atoms with Crippen LogP contribution in [-0.4, -0.2) is 11.7 Å². The second-order valence-corrected chi connectivity index (χ2v) is 5.86. The Morgan fingerprint density at radius 3 is 2.58 bits per heavy atom. The fourth-order valence-corrected chi connectivity index (χ4v) is 2.24. The van der Waals surface area contributed by atoms with Gasteiger partial charge in [-0.3, -0.25) is 0 Å². The van der Waals surface area contributed by atoms with Crippen LogP contribution in [-0.2, 0) is 6.54 Å². The maximum atomic E-state index is 9.88. The van der Waals surface area contributed by atoms with Gasteiger partial charge in [-0.1, -0.05) is 57.7 Å². The van der Waals surface area contributed by atoms with Crippen molar-refractivity contribution in [2.24, 2.45) is 5.92 Å². The van der Waals surface area contributed by atoms with Gasteiger partial charge in [0.1, 0.15) is 5.75 Å². The van der Waals surface area contributed by atoms with Gasteiger partial charge in [-0.15, -0.1) is 0 Å². The summed E-state index contributed by atoms with van der Waals surface area (Å²) < 4.78 is 0. The first-order valence-electron chi connectivity index (χ1n) is 7.59.